The summed E-state index contributed by atoms with van der Waals surface area (Å²) in [6.45, 7) is 3.04. The van der Waals surface area contributed by atoms with Crippen LogP contribution in [0.2, 0.25) is 5.02 Å². The highest BCUT2D eigenvalue weighted by Gasteiger charge is 2.27. The van der Waals surface area contributed by atoms with E-state index >= 15 is 0 Å². The molecule has 0 radical (unpaired) electrons. The second kappa shape index (κ2) is 9.01. The zero-order valence-corrected chi connectivity index (χ0v) is 19.9. The van der Waals surface area contributed by atoms with Crippen molar-refractivity contribution >= 4 is 34.4 Å². The van der Waals surface area contributed by atoms with Crippen LogP contribution in [0.15, 0.2) is 42.7 Å². The number of nitrogens with zero attached hydrogens (tertiary/aromatic N) is 7. The number of anilines is 2. The number of halogens is 1. The Morgan fingerprint density at radius 2 is 1.91 bits per heavy atom. The van der Waals surface area contributed by atoms with E-state index in [9.17, 15) is 10.1 Å². The van der Waals surface area contributed by atoms with Crippen LogP contribution in [0.5, 0.6) is 5.75 Å². The average molecular weight is 495 g/mol. The van der Waals surface area contributed by atoms with E-state index in [2.05, 4.69) is 20.0 Å². The maximum Gasteiger partial charge on any atom is 0.293 e. The minimum Gasteiger partial charge on any atom is -0.496 e. The number of piperazine rings is 1. The fraction of sp³-hybridized carbons (Fsp3) is 0.261. The Labute approximate surface area is 205 Å². The van der Waals surface area contributed by atoms with Gasteiger partial charge in [-0.1, -0.05) is 17.7 Å². The molecule has 12 heteroatoms. The number of likely N-dealkylation sites (N-methyl/N-ethyl adjacent to an activating group) is 1. The maximum absolute atomic E-state index is 12.1. The third kappa shape index (κ3) is 4.08. The van der Waals surface area contributed by atoms with Gasteiger partial charge in [0, 0.05) is 49.4 Å². The Morgan fingerprint density at radius 3 is 2.63 bits per heavy atom. The summed E-state index contributed by atoms with van der Waals surface area (Å²) in [6.07, 6.45) is 3.07. The highest BCUT2D eigenvalue weighted by Crippen LogP contribution is 2.41. The third-order valence-electron chi connectivity index (χ3n) is 6.17. The second-order valence-electron chi connectivity index (χ2n) is 8.28. The van der Waals surface area contributed by atoms with Crippen molar-refractivity contribution in [1.82, 2.24) is 24.5 Å². The molecule has 0 amide bonds. The molecule has 0 unspecified atom stereocenters. The molecule has 0 aliphatic carbocycles. The maximum atomic E-state index is 12.1. The van der Waals surface area contributed by atoms with Crippen molar-refractivity contribution in [3.8, 4) is 28.3 Å². The number of rotatable bonds is 5. The number of benzene rings is 1. The van der Waals surface area contributed by atoms with E-state index in [1.54, 1.807) is 30.0 Å². The van der Waals surface area contributed by atoms with Gasteiger partial charge in [-0.15, -0.1) is 0 Å². The second-order valence-corrected chi connectivity index (χ2v) is 8.69. The summed E-state index contributed by atoms with van der Waals surface area (Å²) < 4.78 is 7.38. The van der Waals surface area contributed by atoms with E-state index in [0.29, 0.717) is 57.6 Å². The summed E-state index contributed by atoms with van der Waals surface area (Å²) in [5.41, 5.74) is 9.31. The third-order valence-corrected chi connectivity index (χ3v) is 6.45. The normalized spacial score (nSPS) is 14.4. The molecule has 0 atom stereocenters. The summed E-state index contributed by atoms with van der Waals surface area (Å²) in [7, 11) is 3.59. The molecule has 4 heterocycles. The fourth-order valence-electron chi connectivity index (χ4n) is 4.34. The van der Waals surface area contributed by atoms with Crippen LogP contribution >= 0.6 is 11.6 Å². The van der Waals surface area contributed by atoms with E-state index in [-0.39, 0.29) is 16.6 Å². The van der Waals surface area contributed by atoms with Crippen LogP contribution in [0, 0.1) is 10.1 Å². The molecule has 1 aliphatic heterocycles. The first kappa shape index (κ1) is 22.8. The van der Waals surface area contributed by atoms with E-state index in [1.165, 1.54) is 6.20 Å². The molecule has 2 N–H and O–H groups in total. The predicted octanol–water partition coefficient (Wildman–Crippen LogP) is 3.36. The summed E-state index contributed by atoms with van der Waals surface area (Å²) in [5, 5.41) is 17.0. The quantitative estimate of drug-likeness (QED) is 0.328. The van der Waals surface area contributed by atoms with Crippen molar-refractivity contribution in [3.05, 3.63) is 57.9 Å². The van der Waals surface area contributed by atoms with Gasteiger partial charge in [-0.25, -0.2) is 14.5 Å². The molecule has 1 aliphatic rings. The molecule has 0 spiro atoms. The first-order valence-electron chi connectivity index (χ1n) is 10.9. The zero-order valence-electron chi connectivity index (χ0n) is 19.2. The molecule has 0 saturated carbocycles. The van der Waals surface area contributed by atoms with Gasteiger partial charge in [-0.2, -0.15) is 5.10 Å². The van der Waals surface area contributed by atoms with Gasteiger partial charge in [0.2, 0.25) is 5.95 Å². The van der Waals surface area contributed by atoms with Gasteiger partial charge in [0.05, 0.1) is 46.4 Å². The largest absolute Gasteiger partial charge is 0.496 e. The molecular formula is C23H23ClN8O3. The number of aromatic nitrogens is 4. The van der Waals surface area contributed by atoms with Crippen LogP contribution in [0.3, 0.4) is 0 Å². The molecule has 4 aromatic rings. The Hall–Kier alpha value is -3.96. The van der Waals surface area contributed by atoms with E-state index in [4.69, 9.17) is 22.1 Å². The molecule has 11 nitrogen and oxygen atoms in total. The number of fused-ring (bicyclic) bond motifs is 1. The summed E-state index contributed by atoms with van der Waals surface area (Å²) >= 11 is 6.33. The smallest absolute Gasteiger partial charge is 0.293 e. The lowest BCUT2D eigenvalue weighted by molar-refractivity contribution is -0.384. The first-order chi connectivity index (χ1) is 16.9. The number of nitrogen functional groups attached to an aromatic ring is 1. The van der Waals surface area contributed by atoms with Crippen molar-refractivity contribution in [2.24, 2.45) is 0 Å². The molecule has 3 aromatic heterocycles. The molecule has 35 heavy (non-hydrogen) atoms. The van der Waals surface area contributed by atoms with Gasteiger partial charge >= 0.3 is 0 Å². The lowest BCUT2D eigenvalue weighted by Gasteiger charge is -2.34. The number of hydrogen-bond donors (Lipinski definition) is 1. The molecular weight excluding hydrogens is 472 g/mol. The van der Waals surface area contributed by atoms with Crippen LogP contribution in [-0.2, 0) is 0 Å². The predicted molar refractivity (Wildman–Crippen MR) is 134 cm³/mol. The van der Waals surface area contributed by atoms with Crippen LogP contribution in [0.4, 0.5) is 17.3 Å². The summed E-state index contributed by atoms with van der Waals surface area (Å²) in [5.74, 6) is 0.607. The Bertz CT molecular complexity index is 1430. The SMILES string of the molecule is COc1cc(N2CCN(C)CC2)c([N+](=O)[O-])cc1-c1cccc2c(-c3nc(N)ncc3Cl)cnn12. The van der Waals surface area contributed by atoms with Crippen LogP contribution in [0.1, 0.15) is 0 Å². The Kier molecular flexibility index (Phi) is 5.87. The van der Waals surface area contributed by atoms with Crippen molar-refractivity contribution in [3.63, 3.8) is 0 Å². The zero-order chi connectivity index (χ0) is 24.7. The average Bonchev–Trinajstić information content (AvgIpc) is 3.29. The molecule has 1 aromatic carbocycles. The molecule has 1 fully saturated rings. The van der Waals surface area contributed by atoms with Crippen LogP contribution in [-0.4, -0.2) is 69.7 Å². The molecule has 1 saturated heterocycles. The van der Waals surface area contributed by atoms with Crippen molar-refractivity contribution in [2.45, 2.75) is 0 Å². The van der Waals surface area contributed by atoms with E-state index in [1.807, 2.05) is 30.1 Å². The van der Waals surface area contributed by atoms with Gasteiger partial charge in [0.15, 0.2) is 0 Å². The minimum atomic E-state index is -0.352. The lowest BCUT2D eigenvalue weighted by Crippen LogP contribution is -2.44. The molecule has 180 valence electrons. The first-order valence-corrected chi connectivity index (χ1v) is 11.3. The van der Waals surface area contributed by atoms with Crippen molar-refractivity contribution in [2.75, 3.05) is 51.0 Å². The number of pyridine rings is 1. The van der Waals surface area contributed by atoms with Crippen molar-refractivity contribution < 1.29 is 9.66 Å². The topological polar surface area (TPSA) is 128 Å². The number of hydrogen-bond acceptors (Lipinski definition) is 9. The highest BCUT2D eigenvalue weighted by molar-refractivity contribution is 6.33. The summed E-state index contributed by atoms with van der Waals surface area (Å²) in [6, 6.07) is 8.83. The minimum absolute atomic E-state index is 0.0151. The van der Waals surface area contributed by atoms with E-state index < -0.39 is 0 Å². The lowest BCUT2D eigenvalue weighted by atomic mass is 10.1. The number of nitrogens with two attached hydrogens (primary N) is 1. The number of nitro benzene ring substituents is 1. The number of methoxy groups -OCH3 is 1. The van der Waals surface area contributed by atoms with Gasteiger partial charge in [-0.3, -0.25) is 10.1 Å². The number of nitro groups is 1. The van der Waals surface area contributed by atoms with Gasteiger partial charge < -0.3 is 20.3 Å². The highest BCUT2D eigenvalue weighted by atomic mass is 35.5. The Balaban J connectivity index is 1.67. The monoisotopic (exact) mass is 494 g/mol. The van der Waals surface area contributed by atoms with Crippen LogP contribution in [0.25, 0.3) is 28.0 Å². The summed E-state index contributed by atoms with van der Waals surface area (Å²) in [4.78, 5) is 24.1. The fourth-order valence-corrected chi connectivity index (χ4v) is 4.53. The number of ether oxygens (including phenoxy) is 1. The van der Waals surface area contributed by atoms with Gasteiger partial charge in [0.25, 0.3) is 5.69 Å². The molecule has 0 bridgehead atoms. The van der Waals surface area contributed by atoms with Crippen LogP contribution < -0.4 is 15.4 Å². The van der Waals surface area contributed by atoms with Crippen molar-refractivity contribution in [1.29, 1.82) is 0 Å². The Morgan fingerprint density at radius 1 is 1.14 bits per heavy atom. The standard InChI is InChI=1S/C23H23ClN8O3/c1-29-6-8-30(9-7-29)19-11-21(35-2)14(10-20(19)32(33)34)17-4-3-5-18-15(12-27-31(17)18)22-16(24)13-26-23(25)28-22/h3-5,10-13H,6-9H2,1-2H3,(H2,25,26,28). The van der Waals surface area contributed by atoms with Gasteiger partial charge in [-0.05, 0) is 19.2 Å². The molecule has 5 rings (SSSR count). The van der Waals surface area contributed by atoms with E-state index in [0.717, 1.165) is 13.1 Å². The van der Waals surface area contributed by atoms with Gasteiger partial charge in [0.1, 0.15) is 11.4 Å².